The minimum Gasteiger partial charge on any atom is -0.497 e. The van der Waals surface area contributed by atoms with Gasteiger partial charge in [-0.05, 0) is 18.6 Å². The van der Waals surface area contributed by atoms with E-state index in [-0.39, 0.29) is 6.42 Å². The van der Waals surface area contributed by atoms with Gasteiger partial charge < -0.3 is 10.1 Å². The Morgan fingerprint density at radius 1 is 1.31 bits per heavy atom. The van der Waals surface area contributed by atoms with Crippen molar-refractivity contribution in [3.8, 4) is 5.75 Å². The fraction of sp³-hybridized carbons (Fsp3) is 0.455. The molecular formula is C11H14F3NO. The SMILES string of the molecule is COc1cccc(NCCCC(F)(F)F)c1. The molecule has 0 aliphatic rings. The van der Waals surface area contributed by atoms with Crippen molar-refractivity contribution in [1.29, 1.82) is 0 Å². The lowest BCUT2D eigenvalue weighted by molar-refractivity contribution is -0.134. The third-order valence-electron chi connectivity index (χ3n) is 2.04. The van der Waals surface area contributed by atoms with Crippen molar-refractivity contribution in [3.05, 3.63) is 24.3 Å². The first-order chi connectivity index (χ1) is 7.51. The van der Waals surface area contributed by atoms with Crippen LogP contribution in [-0.4, -0.2) is 19.8 Å². The number of nitrogens with one attached hydrogen (secondary N) is 1. The predicted octanol–water partition coefficient (Wildman–Crippen LogP) is 3.45. The quantitative estimate of drug-likeness (QED) is 0.786. The van der Waals surface area contributed by atoms with E-state index in [0.717, 1.165) is 5.69 Å². The first-order valence-corrected chi connectivity index (χ1v) is 4.96. The van der Waals surface area contributed by atoms with Gasteiger partial charge in [-0.3, -0.25) is 0 Å². The van der Waals surface area contributed by atoms with Crippen LogP contribution in [0.4, 0.5) is 18.9 Å². The second kappa shape index (κ2) is 5.63. The molecule has 0 bridgehead atoms. The summed E-state index contributed by atoms with van der Waals surface area (Å²) in [5.41, 5.74) is 0.765. The molecule has 0 radical (unpaired) electrons. The Balaban J connectivity index is 2.32. The zero-order valence-corrected chi connectivity index (χ0v) is 8.97. The summed E-state index contributed by atoms with van der Waals surface area (Å²) in [6.45, 7) is 0.298. The molecule has 0 fully saturated rings. The Labute approximate surface area is 92.4 Å². The topological polar surface area (TPSA) is 21.3 Å². The Bertz CT molecular complexity index is 325. The molecule has 1 N–H and O–H groups in total. The molecule has 90 valence electrons. The van der Waals surface area contributed by atoms with Gasteiger partial charge in [-0.15, -0.1) is 0 Å². The summed E-state index contributed by atoms with van der Waals surface area (Å²) in [6.07, 6.45) is -4.76. The summed E-state index contributed by atoms with van der Waals surface area (Å²) in [5, 5.41) is 2.91. The maximum absolute atomic E-state index is 11.9. The Morgan fingerprint density at radius 2 is 2.06 bits per heavy atom. The summed E-state index contributed by atoms with van der Waals surface area (Å²) in [5.74, 6) is 0.681. The molecule has 1 aromatic rings. The maximum Gasteiger partial charge on any atom is 0.389 e. The third kappa shape index (κ3) is 4.91. The van der Waals surface area contributed by atoms with Crippen LogP contribution in [0, 0.1) is 0 Å². The number of benzene rings is 1. The van der Waals surface area contributed by atoms with Crippen LogP contribution in [0.5, 0.6) is 5.75 Å². The van der Waals surface area contributed by atoms with Crippen molar-refractivity contribution >= 4 is 5.69 Å². The van der Waals surface area contributed by atoms with Gasteiger partial charge in [0.05, 0.1) is 7.11 Å². The number of anilines is 1. The number of ether oxygens (including phenoxy) is 1. The molecule has 0 aliphatic carbocycles. The molecule has 0 atom stereocenters. The van der Waals surface area contributed by atoms with E-state index in [1.807, 2.05) is 0 Å². The van der Waals surface area contributed by atoms with Crippen molar-refractivity contribution in [2.45, 2.75) is 19.0 Å². The highest BCUT2D eigenvalue weighted by molar-refractivity contribution is 5.47. The molecule has 0 spiro atoms. The molecule has 0 aliphatic heterocycles. The smallest absolute Gasteiger partial charge is 0.389 e. The highest BCUT2D eigenvalue weighted by Gasteiger charge is 2.25. The lowest BCUT2D eigenvalue weighted by Gasteiger charge is -2.09. The van der Waals surface area contributed by atoms with Crippen molar-refractivity contribution in [2.75, 3.05) is 19.0 Å². The fourth-order valence-electron chi connectivity index (χ4n) is 1.25. The van der Waals surface area contributed by atoms with Crippen LogP contribution in [0.25, 0.3) is 0 Å². The fourth-order valence-corrected chi connectivity index (χ4v) is 1.25. The molecule has 1 rings (SSSR count). The molecule has 5 heteroatoms. The maximum atomic E-state index is 11.9. The Hall–Kier alpha value is -1.39. The van der Waals surface area contributed by atoms with Crippen LogP contribution < -0.4 is 10.1 Å². The summed E-state index contributed by atoms with van der Waals surface area (Å²) in [4.78, 5) is 0. The average molecular weight is 233 g/mol. The highest BCUT2D eigenvalue weighted by Crippen LogP contribution is 2.21. The number of rotatable bonds is 5. The lowest BCUT2D eigenvalue weighted by Crippen LogP contribution is -2.10. The van der Waals surface area contributed by atoms with Crippen LogP contribution in [-0.2, 0) is 0 Å². The van der Waals surface area contributed by atoms with Crippen LogP contribution in [0.1, 0.15) is 12.8 Å². The van der Waals surface area contributed by atoms with Gasteiger partial charge in [0.2, 0.25) is 0 Å². The molecule has 16 heavy (non-hydrogen) atoms. The highest BCUT2D eigenvalue weighted by atomic mass is 19.4. The third-order valence-corrected chi connectivity index (χ3v) is 2.04. The van der Waals surface area contributed by atoms with Gasteiger partial charge in [-0.2, -0.15) is 13.2 Å². The van der Waals surface area contributed by atoms with E-state index in [1.165, 1.54) is 0 Å². The van der Waals surface area contributed by atoms with Gasteiger partial charge >= 0.3 is 6.18 Å². The number of halogens is 3. The largest absolute Gasteiger partial charge is 0.497 e. The molecule has 2 nitrogen and oxygen atoms in total. The van der Waals surface area contributed by atoms with Gasteiger partial charge in [0.15, 0.2) is 0 Å². The van der Waals surface area contributed by atoms with Crippen LogP contribution in [0.15, 0.2) is 24.3 Å². The number of alkyl halides is 3. The van der Waals surface area contributed by atoms with Gasteiger partial charge in [0.25, 0.3) is 0 Å². The minimum atomic E-state index is -4.07. The van der Waals surface area contributed by atoms with E-state index in [9.17, 15) is 13.2 Å². The van der Waals surface area contributed by atoms with Gasteiger partial charge in [0, 0.05) is 24.7 Å². The van der Waals surface area contributed by atoms with Crippen molar-refractivity contribution in [2.24, 2.45) is 0 Å². The Kier molecular flexibility index (Phi) is 4.46. The van der Waals surface area contributed by atoms with E-state index < -0.39 is 12.6 Å². The first kappa shape index (κ1) is 12.7. The standard InChI is InChI=1S/C11H14F3NO/c1-16-10-5-2-4-9(8-10)15-7-3-6-11(12,13)14/h2,4-5,8,15H,3,6-7H2,1H3. The number of hydrogen-bond acceptors (Lipinski definition) is 2. The Morgan fingerprint density at radius 3 is 2.69 bits per heavy atom. The number of methoxy groups -OCH3 is 1. The monoisotopic (exact) mass is 233 g/mol. The van der Waals surface area contributed by atoms with Crippen molar-refractivity contribution < 1.29 is 17.9 Å². The summed E-state index contributed by atoms with van der Waals surface area (Å²) >= 11 is 0. The van der Waals surface area contributed by atoms with E-state index in [1.54, 1.807) is 31.4 Å². The minimum absolute atomic E-state index is 0.0701. The van der Waals surface area contributed by atoms with E-state index in [4.69, 9.17) is 4.74 Å². The van der Waals surface area contributed by atoms with Crippen molar-refractivity contribution in [1.82, 2.24) is 0 Å². The molecule has 0 unspecified atom stereocenters. The van der Waals surface area contributed by atoms with Gasteiger partial charge in [0.1, 0.15) is 5.75 Å². The van der Waals surface area contributed by atoms with Crippen LogP contribution >= 0.6 is 0 Å². The predicted molar refractivity (Wildman–Crippen MR) is 56.8 cm³/mol. The lowest BCUT2D eigenvalue weighted by atomic mass is 10.2. The molecular weight excluding hydrogens is 219 g/mol. The molecule has 0 amide bonds. The van der Waals surface area contributed by atoms with E-state index >= 15 is 0 Å². The summed E-state index contributed by atoms with van der Waals surface area (Å²) < 4.78 is 40.6. The zero-order valence-electron chi connectivity index (χ0n) is 8.97. The van der Waals surface area contributed by atoms with Gasteiger partial charge in [-0.25, -0.2) is 0 Å². The molecule has 0 saturated heterocycles. The molecule has 0 saturated carbocycles. The van der Waals surface area contributed by atoms with E-state index in [0.29, 0.717) is 12.3 Å². The average Bonchev–Trinajstić information content (AvgIpc) is 2.23. The molecule has 0 aromatic heterocycles. The van der Waals surface area contributed by atoms with E-state index in [2.05, 4.69) is 5.32 Å². The molecule has 1 aromatic carbocycles. The van der Waals surface area contributed by atoms with Crippen LogP contribution in [0.2, 0.25) is 0 Å². The van der Waals surface area contributed by atoms with Gasteiger partial charge in [-0.1, -0.05) is 6.07 Å². The summed E-state index contributed by atoms with van der Waals surface area (Å²) in [7, 11) is 1.54. The number of hydrogen-bond donors (Lipinski definition) is 1. The second-order valence-electron chi connectivity index (χ2n) is 3.38. The molecule has 0 heterocycles. The second-order valence-corrected chi connectivity index (χ2v) is 3.38. The zero-order chi connectivity index (χ0) is 12.0. The summed E-state index contributed by atoms with van der Waals surface area (Å²) in [6, 6.07) is 7.09. The normalized spacial score (nSPS) is 11.2. The first-order valence-electron chi connectivity index (χ1n) is 4.96. The van der Waals surface area contributed by atoms with Crippen LogP contribution in [0.3, 0.4) is 0 Å². The van der Waals surface area contributed by atoms with Crippen molar-refractivity contribution in [3.63, 3.8) is 0 Å².